The van der Waals surface area contributed by atoms with Crippen LogP contribution in [-0.4, -0.2) is 16.9 Å². The summed E-state index contributed by atoms with van der Waals surface area (Å²) in [6, 6.07) is 5.31. The van der Waals surface area contributed by atoms with Crippen LogP contribution in [0.4, 0.5) is 0 Å². The average Bonchev–Trinajstić information content (AvgIpc) is 2.26. The van der Waals surface area contributed by atoms with Gasteiger partial charge in [0, 0.05) is 12.8 Å². The molecule has 3 heteroatoms. The number of carboxylic acid groups (broad SMARTS) is 1. The lowest BCUT2D eigenvalue weighted by molar-refractivity contribution is -0.118. The first kappa shape index (κ1) is 12.4. The van der Waals surface area contributed by atoms with Gasteiger partial charge in [-0.2, -0.15) is 0 Å². The van der Waals surface area contributed by atoms with E-state index in [1.165, 1.54) is 0 Å². The molecule has 1 rings (SSSR count). The lowest BCUT2D eigenvalue weighted by atomic mass is 9.99. The maximum atomic E-state index is 11.2. The number of aryl methyl sites for hydroxylation is 2. The number of carbonyl (C=O) groups is 2. The van der Waals surface area contributed by atoms with Crippen molar-refractivity contribution in [3.05, 3.63) is 34.9 Å². The fourth-order valence-corrected chi connectivity index (χ4v) is 1.56. The van der Waals surface area contributed by atoms with Gasteiger partial charge in [-0.15, -0.1) is 0 Å². The van der Waals surface area contributed by atoms with Crippen molar-refractivity contribution in [3.8, 4) is 0 Å². The molecule has 1 aromatic carbocycles. The van der Waals surface area contributed by atoms with E-state index in [-0.39, 0.29) is 5.78 Å². The molecule has 1 N–H and O–H groups in total. The Balaban J connectivity index is 2.87. The minimum atomic E-state index is -0.928. The van der Waals surface area contributed by atoms with Crippen LogP contribution in [0.5, 0.6) is 0 Å². The van der Waals surface area contributed by atoms with E-state index in [0.717, 1.165) is 11.1 Å². The Morgan fingerprint density at radius 1 is 1.31 bits per heavy atom. The van der Waals surface area contributed by atoms with Crippen LogP contribution >= 0.6 is 0 Å². The number of hydrogen-bond acceptors (Lipinski definition) is 2. The van der Waals surface area contributed by atoms with Crippen LogP contribution in [0.2, 0.25) is 0 Å². The highest BCUT2D eigenvalue weighted by molar-refractivity contribution is 5.90. The zero-order chi connectivity index (χ0) is 12.1. The van der Waals surface area contributed by atoms with Gasteiger partial charge in [0.15, 0.2) is 0 Å². The lowest BCUT2D eigenvalue weighted by Gasteiger charge is -2.06. The topological polar surface area (TPSA) is 54.4 Å². The Bertz CT molecular complexity index is 408. The lowest BCUT2D eigenvalue weighted by Crippen LogP contribution is -2.05. The van der Waals surface area contributed by atoms with E-state index in [1.807, 2.05) is 19.9 Å². The van der Waals surface area contributed by atoms with Crippen molar-refractivity contribution in [1.29, 1.82) is 0 Å². The number of carboxylic acids is 1. The van der Waals surface area contributed by atoms with E-state index in [4.69, 9.17) is 5.11 Å². The molecule has 0 aromatic heterocycles. The Kier molecular flexibility index (Phi) is 4.23. The van der Waals surface area contributed by atoms with Crippen molar-refractivity contribution >= 4 is 11.8 Å². The Morgan fingerprint density at radius 3 is 2.56 bits per heavy atom. The summed E-state index contributed by atoms with van der Waals surface area (Å²) >= 11 is 0. The summed E-state index contributed by atoms with van der Waals surface area (Å²) in [5.74, 6) is -0.764. The molecule has 0 saturated heterocycles. The van der Waals surface area contributed by atoms with Crippen molar-refractivity contribution in [3.63, 3.8) is 0 Å². The third-order valence-corrected chi connectivity index (χ3v) is 2.56. The molecule has 1 aromatic rings. The maximum absolute atomic E-state index is 11.2. The third-order valence-electron chi connectivity index (χ3n) is 2.56. The van der Waals surface area contributed by atoms with Crippen LogP contribution < -0.4 is 0 Å². The molecule has 0 fully saturated rings. The smallest absolute Gasteiger partial charge is 0.335 e. The van der Waals surface area contributed by atoms with Crippen molar-refractivity contribution in [1.82, 2.24) is 0 Å². The van der Waals surface area contributed by atoms with Gasteiger partial charge in [0.1, 0.15) is 5.78 Å². The molecule has 0 aliphatic heterocycles. The summed E-state index contributed by atoms with van der Waals surface area (Å²) in [6.07, 6.45) is 1.43. The Hall–Kier alpha value is -1.64. The fourth-order valence-electron chi connectivity index (χ4n) is 1.56. The molecule has 0 aliphatic rings. The second-order valence-electron chi connectivity index (χ2n) is 3.86. The van der Waals surface area contributed by atoms with Crippen LogP contribution in [0.15, 0.2) is 18.2 Å². The van der Waals surface area contributed by atoms with Gasteiger partial charge in [-0.05, 0) is 25.0 Å². The summed E-state index contributed by atoms with van der Waals surface area (Å²) in [5.41, 5.74) is 1.96. The molecule has 0 radical (unpaired) electrons. The van der Waals surface area contributed by atoms with E-state index >= 15 is 0 Å². The molecule has 0 heterocycles. The molecular weight excluding hydrogens is 204 g/mol. The number of carbonyl (C=O) groups excluding carboxylic acids is 1. The van der Waals surface area contributed by atoms with Crippen molar-refractivity contribution in [2.75, 3.05) is 0 Å². The zero-order valence-electron chi connectivity index (χ0n) is 9.62. The van der Waals surface area contributed by atoms with Crippen LogP contribution in [0, 0.1) is 6.92 Å². The second kappa shape index (κ2) is 5.45. The zero-order valence-corrected chi connectivity index (χ0v) is 9.62. The minimum absolute atomic E-state index is 0.164. The molecule has 16 heavy (non-hydrogen) atoms. The number of aromatic carboxylic acids is 1. The monoisotopic (exact) mass is 220 g/mol. The van der Waals surface area contributed by atoms with E-state index in [9.17, 15) is 9.59 Å². The molecular formula is C13H16O3. The first-order valence-electron chi connectivity index (χ1n) is 5.39. The first-order chi connectivity index (χ1) is 7.54. The van der Waals surface area contributed by atoms with Crippen molar-refractivity contribution in [2.24, 2.45) is 0 Å². The van der Waals surface area contributed by atoms with Gasteiger partial charge in [-0.25, -0.2) is 4.79 Å². The van der Waals surface area contributed by atoms with E-state index in [2.05, 4.69) is 0 Å². The van der Waals surface area contributed by atoms with Crippen LogP contribution in [0.25, 0.3) is 0 Å². The summed E-state index contributed by atoms with van der Waals surface area (Å²) < 4.78 is 0. The predicted molar refractivity (Wildman–Crippen MR) is 61.8 cm³/mol. The molecule has 0 spiro atoms. The van der Waals surface area contributed by atoms with E-state index < -0.39 is 5.97 Å². The molecule has 3 nitrogen and oxygen atoms in total. The van der Waals surface area contributed by atoms with Gasteiger partial charge in [0.25, 0.3) is 0 Å². The fraction of sp³-hybridized carbons (Fsp3) is 0.385. The molecule has 0 aliphatic carbocycles. The number of rotatable bonds is 5. The van der Waals surface area contributed by atoms with Gasteiger partial charge >= 0.3 is 5.97 Å². The second-order valence-corrected chi connectivity index (χ2v) is 3.86. The van der Waals surface area contributed by atoms with E-state index in [1.54, 1.807) is 12.1 Å². The molecule has 0 saturated carbocycles. The molecule has 0 atom stereocenters. The van der Waals surface area contributed by atoms with Gasteiger partial charge in [-0.3, -0.25) is 4.79 Å². The van der Waals surface area contributed by atoms with Gasteiger partial charge < -0.3 is 5.11 Å². The highest BCUT2D eigenvalue weighted by Crippen LogP contribution is 2.14. The van der Waals surface area contributed by atoms with Gasteiger partial charge in [0.05, 0.1) is 5.56 Å². The maximum Gasteiger partial charge on any atom is 0.335 e. The summed E-state index contributed by atoms with van der Waals surface area (Å²) in [5, 5.41) is 9.03. The van der Waals surface area contributed by atoms with Crippen molar-refractivity contribution < 1.29 is 14.7 Å². The first-order valence-corrected chi connectivity index (χ1v) is 5.39. The quantitative estimate of drug-likeness (QED) is 0.829. The molecule has 86 valence electrons. The summed E-state index contributed by atoms with van der Waals surface area (Å²) in [4.78, 5) is 22.2. The highest BCUT2D eigenvalue weighted by Gasteiger charge is 2.10. The molecule has 0 unspecified atom stereocenters. The predicted octanol–water partition coefficient (Wildman–Crippen LogP) is 2.60. The Morgan fingerprint density at radius 2 is 2.00 bits per heavy atom. The van der Waals surface area contributed by atoms with Crippen LogP contribution in [0.3, 0.4) is 0 Å². The minimum Gasteiger partial charge on any atom is -0.478 e. The normalized spacial score (nSPS) is 10.1. The number of benzene rings is 1. The standard InChI is InChI=1S/C13H16O3/c1-3-11(14)7-6-10-5-4-9(2)8-12(10)13(15)16/h4-5,8H,3,6-7H2,1-2H3,(H,15,16). The summed E-state index contributed by atoms with van der Waals surface area (Å²) in [7, 11) is 0. The molecule has 0 amide bonds. The van der Waals surface area contributed by atoms with Crippen LogP contribution in [0.1, 0.15) is 41.3 Å². The SMILES string of the molecule is CCC(=O)CCc1ccc(C)cc1C(=O)O. The summed E-state index contributed by atoms with van der Waals surface area (Å²) in [6.45, 7) is 3.67. The van der Waals surface area contributed by atoms with Crippen molar-refractivity contribution in [2.45, 2.75) is 33.1 Å². The van der Waals surface area contributed by atoms with Gasteiger partial charge in [0.2, 0.25) is 0 Å². The third kappa shape index (κ3) is 3.19. The van der Waals surface area contributed by atoms with Gasteiger partial charge in [-0.1, -0.05) is 24.6 Å². The average molecular weight is 220 g/mol. The molecule has 0 bridgehead atoms. The Labute approximate surface area is 95.1 Å². The van der Waals surface area contributed by atoms with Crippen LogP contribution in [-0.2, 0) is 11.2 Å². The number of ketones is 1. The number of Topliss-reactive ketones (excluding diaryl/α,β-unsaturated/α-hetero) is 1. The largest absolute Gasteiger partial charge is 0.478 e. The van der Waals surface area contributed by atoms with E-state index in [0.29, 0.717) is 24.8 Å². The number of hydrogen-bond donors (Lipinski definition) is 1. The highest BCUT2D eigenvalue weighted by atomic mass is 16.4.